The van der Waals surface area contributed by atoms with Crippen molar-refractivity contribution in [2.75, 3.05) is 0 Å². The molecule has 2 aliphatic rings. The number of halogens is 6. The Hall–Kier alpha value is -1.55. The van der Waals surface area contributed by atoms with Crippen LogP contribution in [-0.4, -0.2) is 36.7 Å². The van der Waals surface area contributed by atoms with Crippen LogP contribution in [0, 0.1) is 5.92 Å². The molecule has 1 heterocycles. The van der Waals surface area contributed by atoms with E-state index in [1.54, 1.807) is 0 Å². The Morgan fingerprint density at radius 2 is 1.50 bits per heavy atom. The highest BCUT2D eigenvalue weighted by atomic mass is 32.2. The molecule has 3 rings (SSSR count). The van der Waals surface area contributed by atoms with Gasteiger partial charge in [0.15, 0.2) is 0 Å². The highest BCUT2D eigenvalue weighted by molar-refractivity contribution is 7.89. The van der Waals surface area contributed by atoms with Gasteiger partial charge in [0.05, 0.1) is 4.90 Å². The van der Waals surface area contributed by atoms with Crippen LogP contribution in [0.1, 0.15) is 6.42 Å². The lowest BCUT2D eigenvalue weighted by Crippen LogP contribution is -2.70. The van der Waals surface area contributed by atoms with Gasteiger partial charge in [0.1, 0.15) is 0 Å². The maximum absolute atomic E-state index is 13.6. The van der Waals surface area contributed by atoms with Crippen molar-refractivity contribution in [3.05, 3.63) is 42.5 Å². The molecule has 1 aliphatic heterocycles. The lowest BCUT2D eigenvalue weighted by atomic mass is 9.84. The minimum Gasteiger partial charge on any atom is -0.207 e. The van der Waals surface area contributed by atoms with Gasteiger partial charge in [0, 0.05) is 12.0 Å². The van der Waals surface area contributed by atoms with Gasteiger partial charge in [-0.3, -0.25) is 0 Å². The Kier molecular flexibility index (Phi) is 3.58. The lowest BCUT2D eigenvalue weighted by Gasteiger charge is -2.45. The summed E-state index contributed by atoms with van der Waals surface area (Å²) >= 11 is 0. The van der Waals surface area contributed by atoms with Gasteiger partial charge < -0.3 is 0 Å². The van der Waals surface area contributed by atoms with Crippen molar-refractivity contribution in [1.29, 1.82) is 0 Å². The van der Waals surface area contributed by atoms with Crippen LogP contribution in [-0.2, 0) is 10.0 Å². The Morgan fingerprint density at radius 1 is 0.958 bits per heavy atom. The molecular formula is C14H11F6NO2S. The quantitative estimate of drug-likeness (QED) is 0.590. The molecule has 3 nitrogen and oxygen atoms in total. The molecule has 0 saturated carbocycles. The number of sulfonamides is 1. The number of alkyl halides is 6. The van der Waals surface area contributed by atoms with E-state index in [4.69, 9.17) is 0 Å². The van der Waals surface area contributed by atoms with Crippen LogP contribution in [0.25, 0.3) is 0 Å². The first kappa shape index (κ1) is 17.3. The summed E-state index contributed by atoms with van der Waals surface area (Å²) in [5, 5.41) is 0. The van der Waals surface area contributed by atoms with E-state index in [-0.39, 0.29) is 0 Å². The van der Waals surface area contributed by atoms with E-state index in [9.17, 15) is 34.8 Å². The molecule has 2 unspecified atom stereocenters. The van der Waals surface area contributed by atoms with E-state index in [1.165, 1.54) is 18.2 Å². The number of fused-ring (bicyclic) bond motifs is 2. The van der Waals surface area contributed by atoms with Gasteiger partial charge in [-0.2, -0.15) is 30.6 Å². The van der Waals surface area contributed by atoms with Gasteiger partial charge in [-0.1, -0.05) is 30.4 Å². The smallest absolute Gasteiger partial charge is 0.207 e. The van der Waals surface area contributed by atoms with Gasteiger partial charge in [-0.05, 0) is 18.6 Å². The van der Waals surface area contributed by atoms with Gasteiger partial charge in [0.25, 0.3) is 0 Å². The Morgan fingerprint density at radius 3 is 2.00 bits per heavy atom. The second-order valence-corrected chi connectivity index (χ2v) is 7.49. The molecule has 10 heteroatoms. The second kappa shape index (κ2) is 4.98. The maximum Gasteiger partial charge on any atom is 0.417 e. The van der Waals surface area contributed by atoms with Crippen LogP contribution in [0.5, 0.6) is 0 Å². The molecule has 1 aromatic rings. The van der Waals surface area contributed by atoms with Crippen molar-refractivity contribution in [2.24, 2.45) is 5.92 Å². The molecule has 0 aromatic heterocycles. The Bertz CT molecular complexity index is 755. The topological polar surface area (TPSA) is 37.4 Å². The first-order valence-corrected chi connectivity index (χ1v) is 8.29. The molecule has 2 bridgehead atoms. The molecule has 0 radical (unpaired) electrons. The molecule has 132 valence electrons. The molecule has 0 N–H and O–H groups in total. The number of benzene rings is 1. The van der Waals surface area contributed by atoms with Gasteiger partial charge >= 0.3 is 12.4 Å². The standard InChI is InChI=1S/C14H11F6NO2S/c15-13(16,17)12(14(18,19)20)9-6-7-10(8-9)21(12)24(22,23)11-4-2-1-3-5-11/h1-7,9-10H,8H2. The molecule has 1 aromatic carbocycles. The van der Waals surface area contributed by atoms with Crippen LogP contribution < -0.4 is 0 Å². The largest absolute Gasteiger partial charge is 0.417 e. The summed E-state index contributed by atoms with van der Waals surface area (Å²) in [4.78, 5) is -0.608. The summed E-state index contributed by atoms with van der Waals surface area (Å²) in [7, 11) is -5.00. The number of rotatable bonds is 2. The van der Waals surface area contributed by atoms with Crippen LogP contribution in [0.3, 0.4) is 0 Å². The van der Waals surface area contributed by atoms with E-state index >= 15 is 0 Å². The van der Waals surface area contributed by atoms with Gasteiger partial charge in [-0.15, -0.1) is 0 Å². The van der Waals surface area contributed by atoms with Crippen LogP contribution >= 0.6 is 0 Å². The summed E-state index contributed by atoms with van der Waals surface area (Å²) in [6, 6.07) is 4.35. The van der Waals surface area contributed by atoms with E-state index < -0.39 is 55.5 Å². The van der Waals surface area contributed by atoms with E-state index in [1.807, 2.05) is 0 Å². The minimum absolute atomic E-state index is 0.403. The lowest BCUT2D eigenvalue weighted by molar-refractivity contribution is -0.331. The monoisotopic (exact) mass is 371 g/mol. The van der Waals surface area contributed by atoms with Crippen molar-refractivity contribution in [3.63, 3.8) is 0 Å². The summed E-state index contributed by atoms with van der Waals surface area (Å²) in [6.07, 6.45) is -10.3. The fourth-order valence-electron chi connectivity index (χ4n) is 3.49. The number of hydrogen-bond donors (Lipinski definition) is 0. The number of hydrogen-bond acceptors (Lipinski definition) is 2. The predicted molar refractivity (Wildman–Crippen MR) is 71.3 cm³/mol. The van der Waals surface area contributed by atoms with E-state index in [0.29, 0.717) is 0 Å². The molecule has 1 saturated heterocycles. The minimum atomic E-state index is -5.81. The van der Waals surface area contributed by atoms with E-state index in [0.717, 1.165) is 24.3 Å². The third kappa shape index (κ3) is 2.05. The summed E-state index contributed by atoms with van der Waals surface area (Å²) in [6.45, 7) is 0. The van der Waals surface area contributed by atoms with Crippen molar-refractivity contribution in [1.82, 2.24) is 4.31 Å². The highest BCUT2D eigenvalue weighted by Crippen LogP contribution is 2.61. The van der Waals surface area contributed by atoms with Gasteiger partial charge in [0.2, 0.25) is 15.6 Å². The molecule has 1 aliphatic carbocycles. The Balaban J connectivity index is 2.28. The Labute approximate surface area is 133 Å². The maximum atomic E-state index is 13.6. The molecule has 1 fully saturated rings. The first-order chi connectivity index (χ1) is 10.9. The zero-order chi connectivity index (χ0) is 18.0. The number of nitrogens with zero attached hydrogens (tertiary/aromatic N) is 1. The van der Waals surface area contributed by atoms with Crippen molar-refractivity contribution in [3.8, 4) is 0 Å². The van der Waals surface area contributed by atoms with Gasteiger partial charge in [-0.25, -0.2) is 8.42 Å². The molecule has 24 heavy (non-hydrogen) atoms. The normalized spacial score (nSPS) is 26.9. The fourth-order valence-corrected chi connectivity index (χ4v) is 5.46. The average molecular weight is 371 g/mol. The summed E-state index contributed by atoms with van der Waals surface area (Å²) in [5.41, 5.74) is -4.45. The molecule has 2 atom stereocenters. The zero-order valence-electron chi connectivity index (χ0n) is 11.8. The van der Waals surface area contributed by atoms with Crippen LogP contribution in [0.4, 0.5) is 26.3 Å². The highest BCUT2D eigenvalue weighted by Gasteiger charge is 2.83. The third-order valence-electron chi connectivity index (χ3n) is 4.41. The van der Waals surface area contributed by atoms with Crippen molar-refractivity contribution >= 4 is 10.0 Å². The van der Waals surface area contributed by atoms with Crippen LogP contribution in [0.15, 0.2) is 47.4 Å². The zero-order valence-corrected chi connectivity index (χ0v) is 12.7. The SMILES string of the molecule is O=S(=O)(c1ccccc1)N1C2C=CC(C2)C1(C(F)(F)F)C(F)(F)F. The third-order valence-corrected chi connectivity index (χ3v) is 6.36. The average Bonchev–Trinajstić information content (AvgIpc) is 3.05. The second-order valence-electron chi connectivity index (χ2n) is 5.67. The van der Waals surface area contributed by atoms with Crippen molar-refractivity contribution in [2.45, 2.75) is 35.2 Å². The fraction of sp³-hybridized carbons (Fsp3) is 0.429. The van der Waals surface area contributed by atoms with Crippen molar-refractivity contribution < 1.29 is 34.8 Å². The van der Waals surface area contributed by atoms with Crippen LogP contribution in [0.2, 0.25) is 0 Å². The summed E-state index contributed by atoms with van der Waals surface area (Å²) < 4.78 is 106. The molecular weight excluding hydrogens is 360 g/mol. The molecule has 0 amide bonds. The predicted octanol–water partition coefficient (Wildman–Crippen LogP) is 3.50. The van der Waals surface area contributed by atoms with E-state index in [2.05, 4.69) is 0 Å². The first-order valence-electron chi connectivity index (χ1n) is 6.85. The molecule has 0 spiro atoms. The summed E-state index contributed by atoms with van der Waals surface area (Å²) in [5.74, 6) is -2.00.